The summed E-state index contributed by atoms with van der Waals surface area (Å²) in [5, 5.41) is 3.96. The maximum absolute atomic E-state index is 4.81. The van der Waals surface area contributed by atoms with Crippen LogP contribution in [0.5, 0.6) is 0 Å². The van der Waals surface area contributed by atoms with Gasteiger partial charge in [0.1, 0.15) is 6.26 Å². The summed E-state index contributed by atoms with van der Waals surface area (Å²) < 4.78 is 4.81. The molecular formula is C9H15NO. The van der Waals surface area contributed by atoms with Gasteiger partial charge in [0.2, 0.25) is 0 Å². The first-order valence-electron chi connectivity index (χ1n) is 4.14. The highest BCUT2D eigenvalue weighted by Gasteiger charge is 2.24. The molecule has 0 aromatic carbocycles. The molecule has 1 aromatic rings. The molecule has 0 spiro atoms. The Hall–Kier alpha value is -0.790. The van der Waals surface area contributed by atoms with Gasteiger partial charge in [-0.2, -0.15) is 0 Å². The van der Waals surface area contributed by atoms with Crippen molar-refractivity contribution in [2.45, 2.75) is 39.0 Å². The van der Waals surface area contributed by atoms with E-state index >= 15 is 0 Å². The highest BCUT2D eigenvalue weighted by atomic mass is 16.5. The van der Waals surface area contributed by atoms with E-state index in [1.807, 2.05) is 6.07 Å². The van der Waals surface area contributed by atoms with Gasteiger partial charge in [0, 0.05) is 11.5 Å². The quantitative estimate of drug-likeness (QED) is 0.667. The van der Waals surface area contributed by atoms with Gasteiger partial charge in [-0.3, -0.25) is 0 Å². The van der Waals surface area contributed by atoms with Crippen LogP contribution in [0.2, 0.25) is 0 Å². The molecule has 0 unspecified atom stereocenters. The molecule has 0 N–H and O–H groups in total. The van der Waals surface area contributed by atoms with Gasteiger partial charge < -0.3 is 4.52 Å². The molecule has 62 valence electrons. The van der Waals surface area contributed by atoms with E-state index < -0.39 is 0 Å². The highest BCUT2D eigenvalue weighted by molar-refractivity contribution is 5.10. The molecule has 0 saturated heterocycles. The van der Waals surface area contributed by atoms with Crippen LogP contribution in [0, 0.1) is 0 Å². The first-order chi connectivity index (χ1) is 5.23. The normalized spacial score (nSPS) is 11.9. The van der Waals surface area contributed by atoms with E-state index in [-0.39, 0.29) is 5.41 Å². The Balaban J connectivity index is 2.87. The van der Waals surface area contributed by atoms with Gasteiger partial charge in [-0.1, -0.05) is 25.9 Å². The van der Waals surface area contributed by atoms with E-state index in [0.717, 1.165) is 18.5 Å². The fraction of sp³-hybridized carbons (Fsp3) is 0.667. The molecule has 1 aromatic heterocycles. The minimum absolute atomic E-state index is 0.201. The molecule has 1 rings (SSSR count). The van der Waals surface area contributed by atoms with Crippen LogP contribution in [0.15, 0.2) is 16.9 Å². The molecule has 0 radical (unpaired) electrons. The molecule has 0 atom stereocenters. The SMILES string of the molecule is CCC(C)(CC)c1ccon1. The summed E-state index contributed by atoms with van der Waals surface area (Å²) in [5.74, 6) is 0. The van der Waals surface area contributed by atoms with E-state index in [0.29, 0.717) is 0 Å². The Morgan fingerprint density at radius 2 is 2.09 bits per heavy atom. The van der Waals surface area contributed by atoms with Crippen LogP contribution in [-0.4, -0.2) is 5.16 Å². The van der Waals surface area contributed by atoms with Crippen LogP contribution < -0.4 is 0 Å². The Labute approximate surface area is 67.6 Å². The minimum Gasteiger partial charge on any atom is -0.364 e. The van der Waals surface area contributed by atoms with Gasteiger partial charge in [-0.15, -0.1) is 0 Å². The summed E-state index contributed by atoms with van der Waals surface area (Å²) in [4.78, 5) is 0. The Morgan fingerprint density at radius 1 is 1.45 bits per heavy atom. The van der Waals surface area contributed by atoms with Crippen LogP contribution in [0.25, 0.3) is 0 Å². The summed E-state index contributed by atoms with van der Waals surface area (Å²) in [5.41, 5.74) is 1.27. The van der Waals surface area contributed by atoms with Gasteiger partial charge in [0.05, 0.1) is 5.69 Å². The summed E-state index contributed by atoms with van der Waals surface area (Å²) in [7, 11) is 0. The number of hydrogen-bond donors (Lipinski definition) is 0. The average Bonchev–Trinajstić information content (AvgIpc) is 2.55. The molecule has 0 aliphatic carbocycles. The van der Waals surface area contributed by atoms with Crippen molar-refractivity contribution >= 4 is 0 Å². The number of aromatic nitrogens is 1. The van der Waals surface area contributed by atoms with Crippen LogP contribution in [0.3, 0.4) is 0 Å². The third-order valence-corrected chi connectivity index (χ3v) is 2.62. The maximum Gasteiger partial charge on any atom is 0.124 e. The topological polar surface area (TPSA) is 26.0 Å². The van der Waals surface area contributed by atoms with E-state index in [9.17, 15) is 0 Å². The second-order valence-corrected chi connectivity index (χ2v) is 3.15. The molecule has 1 heterocycles. The maximum atomic E-state index is 4.81. The lowest BCUT2D eigenvalue weighted by molar-refractivity contribution is 0.361. The van der Waals surface area contributed by atoms with Gasteiger partial charge in [0.25, 0.3) is 0 Å². The van der Waals surface area contributed by atoms with Crippen LogP contribution in [0.4, 0.5) is 0 Å². The monoisotopic (exact) mass is 153 g/mol. The van der Waals surface area contributed by atoms with E-state index in [1.54, 1.807) is 6.26 Å². The highest BCUT2D eigenvalue weighted by Crippen LogP contribution is 2.28. The standard InChI is InChI=1S/C9H15NO/c1-4-9(3,5-2)8-6-7-11-10-8/h6-7H,4-5H2,1-3H3. The summed E-state index contributed by atoms with van der Waals surface area (Å²) in [6.07, 6.45) is 3.85. The van der Waals surface area contributed by atoms with E-state index in [4.69, 9.17) is 4.52 Å². The lowest BCUT2D eigenvalue weighted by Gasteiger charge is -2.22. The predicted octanol–water partition coefficient (Wildman–Crippen LogP) is 2.75. The van der Waals surface area contributed by atoms with Crippen molar-refractivity contribution in [3.05, 3.63) is 18.0 Å². The Kier molecular flexibility index (Phi) is 2.32. The Morgan fingerprint density at radius 3 is 2.45 bits per heavy atom. The van der Waals surface area contributed by atoms with Crippen molar-refractivity contribution in [1.82, 2.24) is 5.16 Å². The van der Waals surface area contributed by atoms with Crippen molar-refractivity contribution in [1.29, 1.82) is 0 Å². The third kappa shape index (κ3) is 1.44. The molecule has 0 fully saturated rings. The zero-order valence-electron chi connectivity index (χ0n) is 7.42. The fourth-order valence-electron chi connectivity index (χ4n) is 1.14. The molecule has 0 aliphatic rings. The summed E-state index contributed by atoms with van der Waals surface area (Å²) in [6, 6.07) is 1.95. The Bertz CT molecular complexity index is 199. The number of hydrogen-bond acceptors (Lipinski definition) is 2. The van der Waals surface area contributed by atoms with Gasteiger partial charge in [-0.05, 0) is 12.8 Å². The van der Waals surface area contributed by atoms with Crippen molar-refractivity contribution in [2.75, 3.05) is 0 Å². The number of rotatable bonds is 3. The second-order valence-electron chi connectivity index (χ2n) is 3.15. The van der Waals surface area contributed by atoms with Crippen LogP contribution in [0.1, 0.15) is 39.3 Å². The third-order valence-electron chi connectivity index (χ3n) is 2.62. The molecular weight excluding hydrogens is 138 g/mol. The minimum atomic E-state index is 0.201. The summed E-state index contributed by atoms with van der Waals surface area (Å²) in [6.45, 7) is 6.57. The molecule has 0 bridgehead atoms. The van der Waals surface area contributed by atoms with Gasteiger partial charge in [-0.25, -0.2) is 0 Å². The van der Waals surface area contributed by atoms with Crippen LogP contribution in [-0.2, 0) is 5.41 Å². The molecule has 0 aliphatic heterocycles. The molecule has 2 heteroatoms. The molecule has 2 nitrogen and oxygen atoms in total. The van der Waals surface area contributed by atoms with Crippen LogP contribution >= 0.6 is 0 Å². The first-order valence-corrected chi connectivity index (χ1v) is 4.14. The molecule has 0 amide bonds. The predicted molar refractivity (Wildman–Crippen MR) is 44.4 cm³/mol. The van der Waals surface area contributed by atoms with Gasteiger partial charge in [0.15, 0.2) is 0 Å². The average molecular weight is 153 g/mol. The van der Waals surface area contributed by atoms with Gasteiger partial charge >= 0.3 is 0 Å². The second kappa shape index (κ2) is 3.07. The lowest BCUT2D eigenvalue weighted by Crippen LogP contribution is -2.19. The van der Waals surface area contributed by atoms with Crippen molar-refractivity contribution in [3.63, 3.8) is 0 Å². The fourth-order valence-corrected chi connectivity index (χ4v) is 1.14. The van der Waals surface area contributed by atoms with Crippen molar-refractivity contribution < 1.29 is 4.52 Å². The van der Waals surface area contributed by atoms with Crippen molar-refractivity contribution in [3.8, 4) is 0 Å². The summed E-state index contributed by atoms with van der Waals surface area (Å²) >= 11 is 0. The molecule has 11 heavy (non-hydrogen) atoms. The zero-order chi connectivity index (χ0) is 8.32. The zero-order valence-corrected chi connectivity index (χ0v) is 7.42. The lowest BCUT2D eigenvalue weighted by atomic mass is 9.82. The van der Waals surface area contributed by atoms with E-state index in [2.05, 4.69) is 25.9 Å². The van der Waals surface area contributed by atoms with E-state index in [1.165, 1.54) is 0 Å². The smallest absolute Gasteiger partial charge is 0.124 e. The van der Waals surface area contributed by atoms with Crippen molar-refractivity contribution in [2.24, 2.45) is 0 Å². The first kappa shape index (κ1) is 8.31. The largest absolute Gasteiger partial charge is 0.364 e. The molecule has 0 saturated carbocycles. The number of nitrogens with zero attached hydrogens (tertiary/aromatic N) is 1.